The highest BCUT2D eigenvalue weighted by molar-refractivity contribution is 7.98. The van der Waals surface area contributed by atoms with E-state index in [9.17, 15) is 4.39 Å². The van der Waals surface area contributed by atoms with Crippen LogP contribution in [0.3, 0.4) is 0 Å². The Morgan fingerprint density at radius 1 is 1.39 bits per heavy atom. The van der Waals surface area contributed by atoms with Gasteiger partial charge in [0.25, 0.3) is 0 Å². The van der Waals surface area contributed by atoms with Crippen LogP contribution in [-0.2, 0) is 5.75 Å². The number of aliphatic hydroxyl groups excluding tert-OH is 1. The summed E-state index contributed by atoms with van der Waals surface area (Å²) in [5.74, 6) is 5.41. The third-order valence-electron chi connectivity index (χ3n) is 2.04. The van der Waals surface area contributed by atoms with E-state index in [0.717, 1.165) is 5.56 Å². The summed E-state index contributed by atoms with van der Waals surface area (Å²) in [5, 5.41) is 15.7. The molecular weight excluding hydrogens is 253 g/mol. The zero-order chi connectivity index (χ0) is 12.8. The zero-order valence-corrected chi connectivity index (χ0v) is 10.2. The molecule has 2 aromatic rings. The van der Waals surface area contributed by atoms with Crippen LogP contribution in [-0.4, -0.2) is 26.9 Å². The van der Waals surface area contributed by atoms with Crippen molar-refractivity contribution < 1.29 is 9.50 Å². The molecule has 1 heterocycles. The SMILES string of the molecule is OCC#Cc1cc(F)cc(CSc2ncn[nH]2)c1. The third kappa shape index (κ3) is 3.58. The Bertz CT molecular complexity index is 575. The number of aromatic amines is 1. The molecule has 0 aliphatic rings. The maximum atomic E-state index is 13.3. The van der Waals surface area contributed by atoms with Gasteiger partial charge in [-0.25, -0.2) is 9.37 Å². The largest absolute Gasteiger partial charge is 0.384 e. The van der Waals surface area contributed by atoms with Gasteiger partial charge in [-0.1, -0.05) is 23.6 Å². The van der Waals surface area contributed by atoms with Gasteiger partial charge < -0.3 is 5.11 Å². The molecule has 0 unspecified atom stereocenters. The Kier molecular flexibility index (Phi) is 4.34. The Morgan fingerprint density at radius 3 is 3.00 bits per heavy atom. The lowest BCUT2D eigenvalue weighted by atomic mass is 10.1. The molecule has 0 bridgehead atoms. The van der Waals surface area contributed by atoms with Crippen LogP contribution in [0.15, 0.2) is 29.7 Å². The van der Waals surface area contributed by atoms with E-state index in [0.29, 0.717) is 16.5 Å². The number of aromatic nitrogens is 3. The van der Waals surface area contributed by atoms with E-state index in [1.807, 2.05) is 0 Å². The Morgan fingerprint density at radius 2 is 2.28 bits per heavy atom. The van der Waals surface area contributed by atoms with Crippen molar-refractivity contribution in [2.75, 3.05) is 6.61 Å². The molecule has 0 radical (unpaired) electrons. The predicted octanol–water partition coefficient (Wildman–Crippen LogP) is 1.58. The molecule has 0 saturated heterocycles. The van der Waals surface area contributed by atoms with Gasteiger partial charge in [0, 0.05) is 11.3 Å². The fourth-order valence-corrected chi connectivity index (χ4v) is 2.07. The van der Waals surface area contributed by atoms with Crippen molar-refractivity contribution in [3.05, 3.63) is 41.5 Å². The predicted molar refractivity (Wildman–Crippen MR) is 66.3 cm³/mol. The molecule has 4 nitrogen and oxygen atoms in total. The van der Waals surface area contributed by atoms with Gasteiger partial charge in [-0.2, -0.15) is 5.10 Å². The number of benzene rings is 1. The molecule has 0 aliphatic heterocycles. The second-order valence-corrected chi connectivity index (χ2v) is 4.35. The van der Waals surface area contributed by atoms with Gasteiger partial charge in [0.05, 0.1) is 0 Å². The molecule has 2 rings (SSSR count). The van der Waals surface area contributed by atoms with Crippen molar-refractivity contribution in [1.29, 1.82) is 0 Å². The quantitative estimate of drug-likeness (QED) is 0.652. The lowest BCUT2D eigenvalue weighted by molar-refractivity contribution is 0.350. The zero-order valence-electron chi connectivity index (χ0n) is 9.35. The van der Waals surface area contributed by atoms with E-state index in [4.69, 9.17) is 5.11 Å². The number of rotatable bonds is 3. The number of hydrogen-bond donors (Lipinski definition) is 2. The van der Waals surface area contributed by atoms with Gasteiger partial charge in [-0.15, -0.1) is 0 Å². The summed E-state index contributed by atoms with van der Waals surface area (Å²) >= 11 is 1.43. The number of halogens is 1. The average Bonchev–Trinajstić information content (AvgIpc) is 2.86. The van der Waals surface area contributed by atoms with Crippen molar-refractivity contribution in [3.63, 3.8) is 0 Å². The minimum atomic E-state index is -0.340. The van der Waals surface area contributed by atoms with E-state index in [1.165, 1.54) is 30.2 Å². The lowest BCUT2D eigenvalue weighted by Crippen LogP contribution is -1.88. The number of hydrogen-bond acceptors (Lipinski definition) is 4. The molecule has 18 heavy (non-hydrogen) atoms. The smallest absolute Gasteiger partial charge is 0.183 e. The molecule has 0 atom stereocenters. The van der Waals surface area contributed by atoms with Crippen molar-refractivity contribution in [2.24, 2.45) is 0 Å². The summed E-state index contributed by atoms with van der Waals surface area (Å²) in [4.78, 5) is 3.97. The molecular formula is C12H10FN3OS. The lowest BCUT2D eigenvalue weighted by Gasteiger charge is -2.01. The number of thioether (sulfide) groups is 1. The second kappa shape index (κ2) is 6.19. The van der Waals surface area contributed by atoms with Crippen molar-refractivity contribution in [1.82, 2.24) is 15.2 Å². The highest BCUT2D eigenvalue weighted by atomic mass is 32.2. The molecule has 0 aliphatic carbocycles. The van der Waals surface area contributed by atoms with Gasteiger partial charge in [-0.05, 0) is 23.8 Å². The van der Waals surface area contributed by atoms with Gasteiger partial charge in [0.2, 0.25) is 0 Å². The first kappa shape index (κ1) is 12.6. The molecule has 2 N–H and O–H groups in total. The van der Waals surface area contributed by atoms with E-state index in [1.54, 1.807) is 6.07 Å². The standard InChI is InChI=1S/C12H10FN3OS/c13-11-5-9(2-1-3-17)4-10(6-11)7-18-12-14-8-15-16-12/h4-6,8,17H,3,7H2,(H,14,15,16). The maximum Gasteiger partial charge on any atom is 0.183 e. The summed E-state index contributed by atoms with van der Waals surface area (Å²) in [7, 11) is 0. The van der Waals surface area contributed by atoms with Gasteiger partial charge in [0.1, 0.15) is 18.8 Å². The fourth-order valence-electron chi connectivity index (χ4n) is 1.36. The average molecular weight is 263 g/mol. The molecule has 1 aromatic heterocycles. The Labute approximate surface area is 108 Å². The molecule has 6 heteroatoms. The number of H-pyrrole nitrogens is 1. The van der Waals surface area contributed by atoms with Crippen LogP contribution in [0.4, 0.5) is 4.39 Å². The van der Waals surface area contributed by atoms with Gasteiger partial charge in [0.15, 0.2) is 5.16 Å². The number of aliphatic hydroxyl groups is 1. The molecule has 0 fully saturated rings. The molecule has 0 spiro atoms. The first-order valence-electron chi connectivity index (χ1n) is 5.15. The normalized spacial score (nSPS) is 9.89. The van der Waals surface area contributed by atoms with E-state index < -0.39 is 0 Å². The van der Waals surface area contributed by atoms with Crippen LogP contribution in [0.5, 0.6) is 0 Å². The summed E-state index contributed by atoms with van der Waals surface area (Å²) in [5.41, 5.74) is 1.36. The van der Waals surface area contributed by atoms with Gasteiger partial charge >= 0.3 is 0 Å². The van der Waals surface area contributed by atoms with Crippen LogP contribution >= 0.6 is 11.8 Å². The summed E-state index contributed by atoms with van der Waals surface area (Å²) in [6.07, 6.45) is 1.42. The van der Waals surface area contributed by atoms with E-state index in [-0.39, 0.29) is 12.4 Å². The third-order valence-corrected chi connectivity index (χ3v) is 2.99. The fraction of sp³-hybridized carbons (Fsp3) is 0.167. The molecule has 0 saturated carbocycles. The summed E-state index contributed by atoms with van der Waals surface area (Å²) < 4.78 is 13.3. The van der Waals surface area contributed by atoms with Crippen molar-refractivity contribution in [3.8, 4) is 11.8 Å². The Balaban J connectivity index is 2.10. The molecule has 92 valence electrons. The van der Waals surface area contributed by atoms with Crippen LogP contribution in [0.2, 0.25) is 0 Å². The van der Waals surface area contributed by atoms with Crippen molar-refractivity contribution in [2.45, 2.75) is 10.9 Å². The second-order valence-electron chi connectivity index (χ2n) is 3.39. The minimum absolute atomic E-state index is 0.237. The topological polar surface area (TPSA) is 61.8 Å². The molecule has 0 amide bonds. The summed E-state index contributed by atoms with van der Waals surface area (Å²) in [6, 6.07) is 4.58. The van der Waals surface area contributed by atoms with Crippen LogP contribution in [0, 0.1) is 17.7 Å². The van der Waals surface area contributed by atoms with Gasteiger partial charge in [-0.3, -0.25) is 5.10 Å². The van der Waals surface area contributed by atoms with E-state index >= 15 is 0 Å². The van der Waals surface area contributed by atoms with Crippen molar-refractivity contribution >= 4 is 11.8 Å². The first-order chi connectivity index (χ1) is 8.78. The number of nitrogens with zero attached hydrogens (tertiary/aromatic N) is 2. The van der Waals surface area contributed by atoms with Crippen LogP contribution < -0.4 is 0 Å². The summed E-state index contributed by atoms with van der Waals surface area (Å²) in [6.45, 7) is -0.237. The highest BCUT2D eigenvalue weighted by Gasteiger charge is 2.02. The monoisotopic (exact) mass is 263 g/mol. The minimum Gasteiger partial charge on any atom is -0.384 e. The Hall–Kier alpha value is -1.84. The molecule has 1 aromatic carbocycles. The van der Waals surface area contributed by atoms with Crippen LogP contribution in [0.25, 0.3) is 0 Å². The first-order valence-corrected chi connectivity index (χ1v) is 6.14. The maximum absolute atomic E-state index is 13.3. The highest BCUT2D eigenvalue weighted by Crippen LogP contribution is 2.19. The number of nitrogens with one attached hydrogen (secondary N) is 1. The van der Waals surface area contributed by atoms with E-state index in [2.05, 4.69) is 27.0 Å². The van der Waals surface area contributed by atoms with Crippen LogP contribution in [0.1, 0.15) is 11.1 Å².